The third-order valence-electron chi connectivity index (χ3n) is 3.73. The summed E-state index contributed by atoms with van der Waals surface area (Å²) in [6.45, 7) is 7.57. The molecule has 0 aliphatic carbocycles. The van der Waals surface area contributed by atoms with Crippen molar-refractivity contribution in [2.75, 3.05) is 31.9 Å². The predicted octanol–water partition coefficient (Wildman–Crippen LogP) is 2.25. The Morgan fingerprint density at radius 1 is 1.36 bits per heavy atom. The maximum Gasteiger partial charge on any atom is 0.233 e. The molecule has 0 aromatic carbocycles. The fourth-order valence-corrected chi connectivity index (χ4v) is 4.42. The molecule has 2 aromatic heterocycles. The Kier molecular flexibility index (Phi) is 6.02. The van der Waals surface area contributed by atoms with Crippen LogP contribution in [0.3, 0.4) is 0 Å². The average molecular weight is 359 g/mol. The topological polar surface area (TPSA) is 58.1 Å². The molecule has 5 nitrogen and oxygen atoms in total. The minimum atomic E-state index is 0. The van der Waals surface area contributed by atoms with E-state index in [0.29, 0.717) is 5.75 Å². The highest BCUT2D eigenvalue weighted by Gasteiger charge is 2.18. The summed E-state index contributed by atoms with van der Waals surface area (Å²) in [5.41, 5.74) is 1.23. The first-order valence-electron chi connectivity index (χ1n) is 6.99. The van der Waals surface area contributed by atoms with Crippen molar-refractivity contribution in [3.8, 4) is 0 Å². The van der Waals surface area contributed by atoms with Gasteiger partial charge in [-0.2, -0.15) is 0 Å². The number of carbonyl (C=O) groups excluding carboxylic acids is 1. The van der Waals surface area contributed by atoms with Gasteiger partial charge >= 0.3 is 0 Å². The van der Waals surface area contributed by atoms with Crippen LogP contribution in [0.5, 0.6) is 0 Å². The number of thioether (sulfide) groups is 1. The zero-order chi connectivity index (χ0) is 14.8. The van der Waals surface area contributed by atoms with Crippen molar-refractivity contribution < 1.29 is 4.79 Å². The van der Waals surface area contributed by atoms with Crippen molar-refractivity contribution in [3.05, 3.63) is 16.8 Å². The Hall–Kier alpha value is -0.890. The molecule has 1 fully saturated rings. The van der Waals surface area contributed by atoms with Crippen molar-refractivity contribution in [2.24, 2.45) is 0 Å². The summed E-state index contributed by atoms with van der Waals surface area (Å²) in [5.74, 6) is 0.637. The van der Waals surface area contributed by atoms with Gasteiger partial charge in [-0.05, 0) is 19.4 Å². The van der Waals surface area contributed by atoms with Gasteiger partial charge in [0.1, 0.15) is 16.2 Å². The van der Waals surface area contributed by atoms with Gasteiger partial charge in [0, 0.05) is 36.4 Å². The highest BCUT2D eigenvalue weighted by molar-refractivity contribution is 8.00. The summed E-state index contributed by atoms with van der Waals surface area (Å²) in [6.07, 6.45) is 1.59. The molecule has 0 bridgehead atoms. The van der Waals surface area contributed by atoms with Crippen LogP contribution in [0.1, 0.15) is 10.4 Å². The lowest BCUT2D eigenvalue weighted by molar-refractivity contribution is -0.128. The predicted molar refractivity (Wildman–Crippen MR) is 94.3 cm³/mol. The molecule has 1 aliphatic rings. The Bertz CT molecular complexity index is 670. The Morgan fingerprint density at radius 3 is 2.82 bits per heavy atom. The lowest BCUT2D eigenvalue weighted by atomic mass is 10.2. The Morgan fingerprint density at radius 2 is 2.09 bits per heavy atom. The number of hydrogen-bond acceptors (Lipinski definition) is 6. The largest absolute Gasteiger partial charge is 0.339 e. The molecular formula is C14H19ClN4OS2. The second-order valence-electron chi connectivity index (χ2n) is 5.06. The fraction of sp³-hybridized carbons (Fsp3) is 0.500. The summed E-state index contributed by atoms with van der Waals surface area (Å²) >= 11 is 3.21. The highest BCUT2D eigenvalue weighted by atomic mass is 35.5. The second-order valence-corrected chi connectivity index (χ2v) is 7.23. The minimum Gasteiger partial charge on any atom is -0.339 e. The number of hydrogen-bond donors (Lipinski definition) is 1. The van der Waals surface area contributed by atoms with E-state index in [-0.39, 0.29) is 18.3 Å². The summed E-state index contributed by atoms with van der Waals surface area (Å²) in [7, 11) is 0. The molecule has 1 aliphatic heterocycles. The molecule has 1 saturated heterocycles. The minimum absolute atomic E-state index is 0. The number of piperazine rings is 1. The summed E-state index contributed by atoms with van der Waals surface area (Å²) in [6, 6.07) is 0. The molecule has 0 atom stereocenters. The highest BCUT2D eigenvalue weighted by Crippen LogP contribution is 2.34. The number of rotatable bonds is 3. The van der Waals surface area contributed by atoms with Gasteiger partial charge in [-0.15, -0.1) is 23.7 Å². The third-order valence-corrected chi connectivity index (χ3v) is 5.82. The van der Waals surface area contributed by atoms with E-state index in [1.54, 1.807) is 17.7 Å². The molecule has 3 rings (SSSR count). The Balaban J connectivity index is 0.00000176. The van der Waals surface area contributed by atoms with E-state index < -0.39 is 0 Å². The molecule has 1 N–H and O–H groups in total. The number of carbonyl (C=O) groups is 1. The van der Waals surface area contributed by atoms with E-state index in [1.165, 1.54) is 22.2 Å². The summed E-state index contributed by atoms with van der Waals surface area (Å²) in [5, 5.41) is 5.29. The van der Waals surface area contributed by atoms with Crippen LogP contribution in [0, 0.1) is 13.8 Å². The van der Waals surface area contributed by atoms with E-state index in [2.05, 4.69) is 29.1 Å². The molecule has 8 heteroatoms. The standard InChI is InChI=1S/C14H18N4OS2.ClH/c1-9-10(2)21-14-12(9)13(16-8-17-14)20-7-11(19)18-5-3-15-4-6-18;/h8,15H,3-7H2,1-2H3;1H. The maximum atomic E-state index is 12.2. The maximum absolute atomic E-state index is 12.2. The van der Waals surface area contributed by atoms with Crippen molar-refractivity contribution in [2.45, 2.75) is 18.9 Å². The Labute approximate surface area is 144 Å². The molecule has 0 saturated carbocycles. The number of aromatic nitrogens is 2. The summed E-state index contributed by atoms with van der Waals surface area (Å²) < 4.78 is 0. The first-order chi connectivity index (χ1) is 10.2. The van der Waals surface area contributed by atoms with Gasteiger partial charge in [0.2, 0.25) is 5.91 Å². The summed E-state index contributed by atoms with van der Waals surface area (Å²) in [4.78, 5) is 25.1. The van der Waals surface area contributed by atoms with Crippen molar-refractivity contribution in [1.82, 2.24) is 20.2 Å². The number of nitrogens with one attached hydrogen (secondary N) is 1. The van der Waals surface area contributed by atoms with Gasteiger partial charge in [0.05, 0.1) is 5.75 Å². The number of aryl methyl sites for hydroxylation is 2. The molecule has 1 amide bonds. The normalized spacial score (nSPS) is 14.9. The van der Waals surface area contributed by atoms with Gasteiger partial charge in [-0.3, -0.25) is 4.79 Å². The van der Waals surface area contributed by atoms with Gasteiger partial charge < -0.3 is 10.2 Å². The van der Waals surface area contributed by atoms with Crippen LogP contribution in [0.2, 0.25) is 0 Å². The molecule has 0 spiro atoms. The molecule has 0 radical (unpaired) electrons. The molecule has 120 valence electrons. The number of fused-ring (bicyclic) bond motifs is 1. The quantitative estimate of drug-likeness (QED) is 0.673. The molecule has 2 aromatic rings. The van der Waals surface area contributed by atoms with Crippen LogP contribution in [0.4, 0.5) is 0 Å². The van der Waals surface area contributed by atoms with E-state index in [0.717, 1.165) is 41.4 Å². The first kappa shape index (κ1) is 17.5. The monoisotopic (exact) mass is 358 g/mol. The van der Waals surface area contributed by atoms with E-state index >= 15 is 0 Å². The lowest BCUT2D eigenvalue weighted by Crippen LogP contribution is -2.47. The van der Waals surface area contributed by atoms with Gasteiger partial charge in [-0.25, -0.2) is 9.97 Å². The lowest BCUT2D eigenvalue weighted by Gasteiger charge is -2.27. The van der Waals surface area contributed by atoms with Crippen LogP contribution in [-0.4, -0.2) is 52.7 Å². The first-order valence-corrected chi connectivity index (χ1v) is 8.79. The van der Waals surface area contributed by atoms with Gasteiger partial charge in [-0.1, -0.05) is 11.8 Å². The van der Waals surface area contributed by atoms with Crippen molar-refractivity contribution in [1.29, 1.82) is 0 Å². The number of nitrogens with zero attached hydrogens (tertiary/aromatic N) is 3. The average Bonchev–Trinajstić information content (AvgIpc) is 2.81. The van der Waals surface area contributed by atoms with E-state index in [1.807, 2.05) is 4.90 Å². The number of thiophene rings is 1. The van der Waals surface area contributed by atoms with Crippen molar-refractivity contribution in [3.63, 3.8) is 0 Å². The zero-order valence-corrected chi connectivity index (χ0v) is 15.0. The smallest absolute Gasteiger partial charge is 0.233 e. The SMILES string of the molecule is Cc1sc2ncnc(SCC(=O)N3CCNCC3)c2c1C.Cl. The number of amides is 1. The van der Waals surface area contributed by atoms with Crippen LogP contribution >= 0.6 is 35.5 Å². The molecule has 3 heterocycles. The van der Waals surface area contributed by atoms with Gasteiger partial charge in [0.25, 0.3) is 0 Å². The van der Waals surface area contributed by atoms with E-state index in [9.17, 15) is 4.79 Å². The van der Waals surface area contributed by atoms with Crippen LogP contribution < -0.4 is 5.32 Å². The van der Waals surface area contributed by atoms with Crippen LogP contribution in [0.25, 0.3) is 10.2 Å². The third kappa shape index (κ3) is 3.53. The van der Waals surface area contributed by atoms with Gasteiger partial charge in [0.15, 0.2) is 0 Å². The van der Waals surface area contributed by atoms with Crippen LogP contribution in [-0.2, 0) is 4.79 Å². The molecule has 0 unspecified atom stereocenters. The van der Waals surface area contributed by atoms with Crippen LogP contribution in [0.15, 0.2) is 11.4 Å². The second kappa shape index (κ2) is 7.59. The molecular weight excluding hydrogens is 340 g/mol. The van der Waals surface area contributed by atoms with Crippen molar-refractivity contribution >= 4 is 51.6 Å². The fourth-order valence-electron chi connectivity index (χ4n) is 2.40. The molecule has 22 heavy (non-hydrogen) atoms. The van der Waals surface area contributed by atoms with E-state index in [4.69, 9.17) is 0 Å². The zero-order valence-electron chi connectivity index (χ0n) is 12.6. The number of halogens is 1.